The van der Waals surface area contributed by atoms with Gasteiger partial charge in [0.1, 0.15) is 5.82 Å². The van der Waals surface area contributed by atoms with Crippen LogP contribution in [0, 0.1) is 12.8 Å². The molecule has 3 heteroatoms. The normalized spacial score (nSPS) is 24.6. The minimum absolute atomic E-state index is 0.549. The molecule has 2 unspecified atom stereocenters. The van der Waals surface area contributed by atoms with Crippen LogP contribution in [0.25, 0.3) is 11.0 Å². The van der Waals surface area contributed by atoms with Gasteiger partial charge in [0.05, 0.1) is 11.0 Å². The van der Waals surface area contributed by atoms with Gasteiger partial charge in [-0.2, -0.15) is 0 Å². The largest absolute Gasteiger partial charge is 0.331 e. The zero-order valence-corrected chi connectivity index (χ0v) is 10.7. The van der Waals surface area contributed by atoms with Crippen molar-refractivity contribution in [3.05, 3.63) is 29.6 Å². The van der Waals surface area contributed by atoms with Crippen LogP contribution >= 0.6 is 0 Å². The fraction of sp³-hybridized carbons (Fsp3) is 0.500. The SMILES string of the molecule is Cc1ccc2c(c1)nc(C1CNCC1C)n2C. The van der Waals surface area contributed by atoms with Gasteiger partial charge < -0.3 is 9.88 Å². The molecule has 0 saturated carbocycles. The Kier molecular flexibility index (Phi) is 2.44. The molecule has 1 fully saturated rings. The number of nitrogens with one attached hydrogen (secondary N) is 1. The van der Waals surface area contributed by atoms with Gasteiger partial charge in [-0.3, -0.25) is 0 Å². The van der Waals surface area contributed by atoms with Crippen molar-refractivity contribution in [1.82, 2.24) is 14.9 Å². The first kappa shape index (κ1) is 10.8. The van der Waals surface area contributed by atoms with E-state index in [1.165, 1.54) is 16.9 Å². The van der Waals surface area contributed by atoms with E-state index in [2.05, 4.69) is 49.0 Å². The second-order valence-corrected chi connectivity index (χ2v) is 5.26. The van der Waals surface area contributed by atoms with Crippen LogP contribution in [0.3, 0.4) is 0 Å². The lowest BCUT2D eigenvalue weighted by atomic mass is 9.97. The molecule has 3 nitrogen and oxygen atoms in total. The number of aryl methyl sites for hydroxylation is 2. The van der Waals surface area contributed by atoms with Crippen molar-refractivity contribution in [2.75, 3.05) is 13.1 Å². The smallest absolute Gasteiger partial charge is 0.114 e. The van der Waals surface area contributed by atoms with Crippen LogP contribution in [0.15, 0.2) is 18.2 Å². The van der Waals surface area contributed by atoms with E-state index in [1.807, 2.05) is 0 Å². The topological polar surface area (TPSA) is 29.9 Å². The number of hydrogen-bond acceptors (Lipinski definition) is 2. The molecular formula is C14H19N3. The summed E-state index contributed by atoms with van der Waals surface area (Å²) < 4.78 is 2.25. The number of benzene rings is 1. The second kappa shape index (κ2) is 3.84. The minimum Gasteiger partial charge on any atom is -0.331 e. The van der Waals surface area contributed by atoms with Crippen LogP contribution in [0.4, 0.5) is 0 Å². The maximum atomic E-state index is 4.83. The number of nitrogens with zero attached hydrogens (tertiary/aromatic N) is 2. The monoisotopic (exact) mass is 229 g/mol. The van der Waals surface area contributed by atoms with Crippen LogP contribution in [0.5, 0.6) is 0 Å². The van der Waals surface area contributed by atoms with E-state index in [9.17, 15) is 0 Å². The van der Waals surface area contributed by atoms with Gasteiger partial charge in [-0.1, -0.05) is 13.0 Å². The third-order valence-electron chi connectivity index (χ3n) is 3.92. The van der Waals surface area contributed by atoms with E-state index < -0.39 is 0 Å². The van der Waals surface area contributed by atoms with Crippen molar-refractivity contribution in [3.63, 3.8) is 0 Å². The van der Waals surface area contributed by atoms with Crippen molar-refractivity contribution in [2.24, 2.45) is 13.0 Å². The van der Waals surface area contributed by atoms with Gasteiger partial charge in [-0.25, -0.2) is 4.98 Å². The molecule has 3 rings (SSSR count). The second-order valence-electron chi connectivity index (χ2n) is 5.26. The first-order chi connectivity index (χ1) is 8.16. The Morgan fingerprint density at radius 1 is 1.35 bits per heavy atom. The molecule has 2 atom stereocenters. The maximum absolute atomic E-state index is 4.83. The summed E-state index contributed by atoms with van der Waals surface area (Å²) in [7, 11) is 2.13. The molecule has 1 N–H and O–H groups in total. The molecule has 2 aromatic rings. The molecule has 1 aromatic heterocycles. The van der Waals surface area contributed by atoms with Gasteiger partial charge >= 0.3 is 0 Å². The fourth-order valence-electron chi connectivity index (χ4n) is 2.82. The third-order valence-corrected chi connectivity index (χ3v) is 3.92. The summed E-state index contributed by atoms with van der Waals surface area (Å²) in [5.41, 5.74) is 3.64. The molecule has 0 aliphatic carbocycles. The summed E-state index contributed by atoms with van der Waals surface area (Å²) in [6.07, 6.45) is 0. The predicted octanol–water partition coefficient (Wildman–Crippen LogP) is 2.20. The van der Waals surface area contributed by atoms with Crippen molar-refractivity contribution < 1.29 is 0 Å². The lowest BCUT2D eigenvalue weighted by Crippen LogP contribution is -2.13. The first-order valence-corrected chi connectivity index (χ1v) is 6.30. The van der Waals surface area contributed by atoms with Crippen molar-refractivity contribution in [3.8, 4) is 0 Å². The Bertz CT molecular complexity index is 556. The maximum Gasteiger partial charge on any atom is 0.114 e. The molecule has 0 spiro atoms. The zero-order valence-electron chi connectivity index (χ0n) is 10.7. The third kappa shape index (κ3) is 1.65. The molecule has 1 aromatic carbocycles. The molecule has 0 bridgehead atoms. The summed E-state index contributed by atoms with van der Waals surface area (Å²) in [5.74, 6) is 2.45. The van der Waals surface area contributed by atoms with Gasteiger partial charge in [0, 0.05) is 19.5 Å². The molecule has 1 aliphatic heterocycles. The molecular weight excluding hydrogens is 210 g/mol. The molecule has 1 aliphatic rings. The van der Waals surface area contributed by atoms with E-state index >= 15 is 0 Å². The van der Waals surface area contributed by atoms with Crippen molar-refractivity contribution >= 4 is 11.0 Å². The molecule has 17 heavy (non-hydrogen) atoms. The van der Waals surface area contributed by atoms with Gasteiger partial charge in [-0.15, -0.1) is 0 Å². The molecule has 90 valence electrons. The average molecular weight is 229 g/mol. The van der Waals surface area contributed by atoms with E-state index in [0.717, 1.165) is 18.6 Å². The predicted molar refractivity (Wildman–Crippen MR) is 70.2 cm³/mol. The first-order valence-electron chi connectivity index (χ1n) is 6.30. The van der Waals surface area contributed by atoms with E-state index in [0.29, 0.717) is 11.8 Å². The molecule has 1 saturated heterocycles. The number of rotatable bonds is 1. The van der Waals surface area contributed by atoms with Gasteiger partial charge in [-0.05, 0) is 37.1 Å². The van der Waals surface area contributed by atoms with Crippen LogP contribution in [-0.2, 0) is 7.05 Å². The van der Waals surface area contributed by atoms with E-state index in [-0.39, 0.29) is 0 Å². The zero-order chi connectivity index (χ0) is 12.0. The minimum atomic E-state index is 0.549. The average Bonchev–Trinajstić information content (AvgIpc) is 2.83. The number of aromatic nitrogens is 2. The Labute approximate surface area is 102 Å². The lowest BCUT2D eigenvalue weighted by molar-refractivity contribution is 0.533. The highest BCUT2D eigenvalue weighted by atomic mass is 15.1. The summed E-state index contributed by atoms with van der Waals surface area (Å²) >= 11 is 0. The van der Waals surface area contributed by atoms with Crippen LogP contribution in [0.1, 0.15) is 24.2 Å². The van der Waals surface area contributed by atoms with E-state index in [1.54, 1.807) is 0 Å². The summed E-state index contributed by atoms with van der Waals surface area (Å²) in [4.78, 5) is 4.83. The van der Waals surface area contributed by atoms with Gasteiger partial charge in [0.15, 0.2) is 0 Å². The van der Waals surface area contributed by atoms with Crippen LogP contribution in [0.2, 0.25) is 0 Å². The quantitative estimate of drug-likeness (QED) is 0.812. The van der Waals surface area contributed by atoms with Crippen LogP contribution < -0.4 is 5.32 Å². The number of hydrogen-bond donors (Lipinski definition) is 1. The lowest BCUT2D eigenvalue weighted by Gasteiger charge is -2.13. The Hall–Kier alpha value is -1.35. The van der Waals surface area contributed by atoms with Crippen molar-refractivity contribution in [1.29, 1.82) is 0 Å². The molecule has 0 amide bonds. The number of imidazole rings is 1. The molecule has 2 heterocycles. The Balaban J connectivity index is 2.14. The van der Waals surface area contributed by atoms with Gasteiger partial charge in [0.25, 0.3) is 0 Å². The van der Waals surface area contributed by atoms with Gasteiger partial charge in [0.2, 0.25) is 0 Å². The number of fused-ring (bicyclic) bond motifs is 1. The summed E-state index contributed by atoms with van der Waals surface area (Å²) in [6, 6.07) is 6.50. The highest BCUT2D eigenvalue weighted by Gasteiger charge is 2.28. The van der Waals surface area contributed by atoms with Crippen LogP contribution in [-0.4, -0.2) is 22.6 Å². The van der Waals surface area contributed by atoms with E-state index in [4.69, 9.17) is 4.98 Å². The Morgan fingerprint density at radius 2 is 2.18 bits per heavy atom. The summed E-state index contributed by atoms with van der Waals surface area (Å²) in [5, 5.41) is 3.45. The van der Waals surface area contributed by atoms with Crippen molar-refractivity contribution in [2.45, 2.75) is 19.8 Å². The molecule has 0 radical (unpaired) electrons. The fourth-order valence-corrected chi connectivity index (χ4v) is 2.82. The summed E-state index contributed by atoms with van der Waals surface area (Å²) in [6.45, 7) is 6.58. The highest BCUT2D eigenvalue weighted by molar-refractivity contribution is 5.76. The standard InChI is InChI=1S/C14H19N3/c1-9-4-5-13-12(6-9)16-14(17(13)3)11-8-15-7-10(11)2/h4-6,10-11,15H,7-8H2,1-3H3. The highest BCUT2D eigenvalue weighted by Crippen LogP contribution is 2.29. The Morgan fingerprint density at radius 3 is 2.88 bits per heavy atom.